The molecule has 0 aliphatic carbocycles. The lowest BCUT2D eigenvalue weighted by molar-refractivity contribution is -0.108. The number of carbonyl (C=O) groups excluding carboxylic acids is 2. The first-order chi connectivity index (χ1) is 5.85. The van der Waals surface area contributed by atoms with Gasteiger partial charge < -0.3 is 20.2 Å². The van der Waals surface area contributed by atoms with E-state index in [1.807, 2.05) is 4.90 Å². The van der Waals surface area contributed by atoms with Gasteiger partial charge in [0.2, 0.25) is 0 Å². The number of carbonyl (C=O) groups is 2. The fourth-order valence-electron chi connectivity index (χ4n) is 0.989. The van der Waals surface area contributed by atoms with E-state index in [9.17, 15) is 9.59 Å². The highest BCUT2D eigenvalue weighted by molar-refractivity contribution is 5.50. The summed E-state index contributed by atoms with van der Waals surface area (Å²) in [6.45, 7) is 2.72. The molecule has 0 aromatic rings. The Kier molecular flexibility index (Phi) is 7.84. The van der Waals surface area contributed by atoms with E-state index < -0.39 is 0 Å². The third-order valence-electron chi connectivity index (χ3n) is 1.57. The van der Waals surface area contributed by atoms with Gasteiger partial charge in [0.1, 0.15) is 12.6 Å². The number of aldehydes is 2. The maximum absolute atomic E-state index is 10.1. The Labute approximate surface area is 72.7 Å². The Morgan fingerprint density at radius 1 is 1.00 bits per heavy atom. The van der Waals surface area contributed by atoms with E-state index in [1.165, 1.54) is 0 Å². The normalized spacial score (nSPS) is 10.2. The first-order valence-corrected chi connectivity index (χ1v) is 4.14. The van der Waals surface area contributed by atoms with Crippen molar-refractivity contribution in [3.8, 4) is 0 Å². The van der Waals surface area contributed by atoms with E-state index in [0.717, 1.165) is 19.1 Å². The van der Waals surface area contributed by atoms with Crippen molar-refractivity contribution in [3.05, 3.63) is 0 Å². The molecule has 0 radical (unpaired) electrons. The molecule has 4 heteroatoms. The summed E-state index contributed by atoms with van der Waals surface area (Å²) >= 11 is 0. The molecule has 0 amide bonds. The number of hydrogen-bond acceptors (Lipinski definition) is 4. The zero-order chi connectivity index (χ0) is 9.23. The molecule has 0 atom stereocenters. The summed E-state index contributed by atoms with van der Waals surface area (Å²) in [5.74, 6) is 0. The molecule has 0 heterocycles. The van der Waals surface area contributed by atoms with E-state index in [0.29, 0.717) is 32.5 Å². The van der Waals surface area contributed by atoms with E-state index >= 15 is 0 Å². The lowest BCUT2D eigenvalue weighted by atomic mass is 10.3. The van der Waals surface area contributed by atoms with E-state index in [4.69, 9.17) is 5.73 Å². The van der Waals surface area contributed by atoms with Crippen LogP contribution < -0.4 is 5.73 Å². The highest BCUT2D eigenvalue weighted by Crippen LogP contribution is 1.90. The standard InChI is InChI=1S/C8H16N2O2/c9-3-6-10(4-1-7-11)5-2-8-12/h7-8H,1-6,9H2. The number of nitrogens with two attached hydrogens (primary N) is 1. The van der Waals surface area contributed by atoms with Gasteiger partial charge in [-0.05, 0) is 0 Å². The summed E-state index contributed by atoms with van der Waals surface area (Å²) in [6.07, 6.45) is 2.78. The lowest BCUT2D eigenvalue weighted by Crippen LogP contribution is -2.31. The highest BCUT2D eigenvalue weighted by atomic mass is 16.1. The smallest absolute Gasteiger partial charge is 0.121 e. The fourth-order valence-corrected chi connectivity index (χ4v) is 0.989. The summed E-state index contributed by atoms with van der Waals surface area (Å²) in [4.78, 5) is 22.1. The first kappa shape index (κ1) is 11.3. The highest BCUT2D eigenvalue weighted by Gasteiger charge is 2.01. The predicted octanol–water partition coefficient (Wildman–Crippen LogP) is -0.575. The molecular formula is C8H16N2O2. The van der Waals surface area contributed by atoms with Gasteiger partial charge in [-0.25, -0.2) is 0 Å². The van der Waals surface area contributed by atoms with Crippen LogP contribution in [-0.2, 0) is 9.59 Å². The maximum atomic E-state index is 10.1. The molecule has 0 saturated heterocycles. The first-order valence-electron chi connectivity index (χ1n) is 4.14. The van der Waals surface area contributed by atoms with Crippen molar-refractivity contribution in [2.75, 3.05) is 26.2 Å². The molecule has 0 bridgehead atoms. The minimum absolute atomic E-state index is 0.513. The molecule has 0 saturated carbocycles. The van der Waals surface area contributed by atoms with Gasteiger partial charge in [0.25, 0.3) is 0 Å². The molecule has 0 aliphatic heterocycles. The Balaban J connectivity index is 3.52. The molecule has 0 aromatic heterocycles. The van der Waals surface area contributed by atoms with Crippen LogP contribution >= 0.6 is 0 Å². The Morgan fingerprint density at radius 3 is 1.83 bits per heavy atom. The van der Waals surface area contributed by atoms with E-state index in [-0.39, 0.29) is 0 Å². The van der Waals surface area contributed by atoms with Gasteiger partial charge in [0.15, 0.2) is 0 Å². The van der Waals surface area contributed by atoms with Crippen molar-refractivity contribution in [3.63, 3.8) is 0 Å². The molecule has 0 unspecified atom stereocenters. The summed E-state index contributed by atoms with van der Waals surface area (Å²) in [6, 6.07) is 0. The van der Waals surface area contributed by atoms with Gasteiger partial charge in [-0.15, -0.1) is 0 Å². The van der Waals surface area contributed by atoms with E-state index in [2.05, 4.69) is 0 Å². The van der Waals surface area contributed by atoms with Crippen LogP contribution in [0.2, 0.25) is 0 Å². The fraction of sp³-hybridized carbons (Fsp3) is 0.750. The van der Waals surface area contributed by atoms with Gasteiger partial charge >= 0.3 is 0 Å². The molecule has 4 nitrogen and oxygen atoms in total. The van der Waals surface area contributed by atoms with Crippen molar-refractivity contribution in [1.82, 2.24) is 4.90 Å². The second-order valence-electron chi connectivity index (χ2n) is 2.54. The second-order valence-corrected chi connectivity index (χ2v) is 2.54. The Hall–Kier alpha value is -0.740. The van der Waals surface area contributed by atoms with Crippen molar-refractivity contribution in [2.24, 2.45) is 5.73 Å². The van der Waals surface area contributed by atoms with Gasteiger partial charge in [-0.1, -0.05) is 0 Å². The zero-order valence-electron chi connectivity index (χ0n) is 7.24. The summed E-state index contributed by atoms with van der Waals surface area (Å²) in [5, 5.41) is 0. The van der Waals surface area contributed by atoms with Crippen molar-refractivity contribution in [2.45, 2.75) is 12.8 Å². The Bertz CT molecular complexity index is 116. The molecule has 0 rings (SSSR count). The molecule has 0 spiro atoms. The molecule has 70 valence electrons. The maximum Gasteiger partial charge on any atom is 0.121 e. The van der Waals surface area contributed by atoms with Crippen LogP contribution in [0.5, 0.6) is 0 Å². The van der Waals surface area contributed by atoms with Crippen molar-refractivity contribution < 1.29 is 9.59 Å². The van der Waals surface area contributed by atoms with Crippen LogP contribution in [0.25, 0.3) is 0 Å². The van der Waals surface area contributed by atoms with Crippen LogP contribution in [0.4, 0.5) is 0 Å². The average Bonchev–Trinajstić information content (AvgIpc) is 2.10. The number of hydrogen-bond donors (Lipinski definition) is 1. The molecule has 12 heavy (non-hydrogen) atoms. The molecule has 0 aromatic carbocycles. The number of nitrogens with zero attached hydrogens (tertiary/aromatic N) is 1. The minimum Gasteiger partial charge on any atom is -0.329 e. The lowest BCUT2D eigenvalue weighted by Gasteiger charge is -2.18. The largest absolute Gasteiger partial charge is 0.329 e. The van der Waals surface area contributed by atoms with Crippen LogP contribution in [0.15, 0.2) is 0 Å². The molecular weight excluding hydrogens is 156 g/mol. The van der Waals surface area contributed by atoms with Crippen LogP contribution in [0.1, 0.15) is 12.8 Å². The molecule has 0 fully saturated rings. The monoisotopic (exact) mass is 172 g/mol. The summed E-state index contributed by atoms with van der Waals surface area (Å²) in [5.41, 5.74) is 5.35. The minimum atomic E-state index is 0.513. The quantitative estimate of drug-likeness (QED) is 0.498. The van der Waals surface area contributed by atoms with Gasteiger partial charge in [-0.3, -0.25) is 0 Å². The second kappa shape index (κ2) is 8.36. The van der Waals surface area contributed by atoms with Gasteiger partial charge in [0.05, 0.1) is 0 Å². The molecule has 0 aliphatic rings. The zero-order valence-corrected chi connectivity index (χ0v) is 7.24. The van der Waals surface area contributed by atoms with Gasteiger partial charge in [-0.2, -0.15) is 0 Å². The topological polar surface area (TPSA) is 63.4 Å². The predicted molar refractivity (Wildman–Crippen MR) is 46.9 cm³/mol. The molecule has 2 N–H and O–H groups in total. The van der Waals surface area contributed by atoms with Crippen molar-refractivity contribution >= 4 is 12.6 Å². The van der Waals surface area contributed by atoms with Crippen molar-refractivity contribution in [1.29, 1.82) is 0 Å². The van der Waals surface area contributed by atoms with Gasteiger partial charge in [0, 0.05) is 39.0 Å². The van der Waals surface area contributed by atoms with Crippen LogP contribution in [0, 0.1) is 0 Å². The summed E-state index contributed by atoms with van der Waals surface area (Å²) < 4.78 is 0. The third kappa shape index (κ3) is 6.00. The van der Waals surface area contributed by atoms with E-state index in [1.54, 1.807) is 0 Å². The third-order valence-corrected chi connectivity index (χ3v) is 1.57. The van der Waals surface area contributed by atoms with Crippen LogP contribution in [0.3, 0.4) is 0 Å². The Morgan fingerprint density at radius 2 is 1.50 bits per heavy atom. The SMILES string of the molecule is NCCN(CCC=O)CCC=O. The summed E-state index contributed by atoms with van der Waals surface area (Å²) in [7, 11) is 0. The van der Waals surface area contributed by atoms with Crippen LogP contribution in [-0.4, -0.2) is 43.7 Å². The average molecular weight is 172 g/mol. The number of rotatable bonds is 8.